The molecule has 8 nitrogen and oxygen atoms in total. The first kappa shape index (κ1) is 23.8. The van der Waals surface area contributed by atoms with E-state index in [9.17, 15) is 18.4 Å². The summed E-state index contributed by atoms with van der Waals surface area (Å²) >= 11 is 1.59. The quantitative estimate of drug-likeness (QED) is 0.494. The Morgan fingerprint density at radius 2 is 2.11 bits per heavy atom. The Kier molecular flexibility index (Phi) is 6.80. The molecule has 11 heteroatoms. The second kappa shape index (κ2) is 9.99. The highest BCUT2D eigenvalue weighted by molar-refractivity contribution is 7.12. The minimum atomic E-state index is -2.96. The molecule has 2 aromatic rings. The molecule has 0 aromatic carbocycles. The van der Waals surface area contributed by atoms with Crippen molar-refractivity contribution in [2.45, 2.75) is 64.0 Å². The molecule has 0 radical (unpaired) electrons. The molecule has 0 aliphatic heterocycles. The summed E-state index contributed by atoms with van der Waals surface area (Å²) in [6, 6.07) is 3.84. The van der Waals surface area contributed by atoms with Gasteiger partial charge < -0.3 is 10.1 Å². The molecule has 1 atom stereocenters. The number of amides is 1. The number of alkyl halides is 2. The van der Waals surface area contributed by atoms with Gasteiger partial charge in [-0.1, -0.05) is 0 Å². The minimum Gasteiger partial charge on any atom is -0.415 e. The lowest BCUT2D eigenvalue weighted by atomic mass is 9.90. The lowest BCUT2D eigenvalue weighted by Gasteiger charge is -2.19. The number of thiophene rings is 1. The molecule has 0 bridgehead atoms. The molecule has 3 aliphatic carbocycles. The Morgan fingerprint density at radius 1 is 1.31 bits per heavy atom. The molecule has 2 heterocycles. The van der Waals surface area contributed by atoms with Gasteiger partial charge in [-0.05, 0) is 56.4 Å². The molecule has 2 saturated carbocycles. The standard InChI is InChI=1S/C24H27F2N5O3S/c1-31-20(10-21(30-31)34-24(25)26)29-12-28-15-6-7-18-16(8-15)22(23(33)27-11-13-2-3-13)19(35-18)9-17(32)14-4-5-14/h10,13-15,24H,2-9,11H2,1H3,(H,27,33)/t15-/m0/s1. The largest absolute Gasteiger partial charge is 0.415 e. The number of nitrogens with one attached hydrogen (secondary N) is 1. The van der Waals surface area contributed by atoms with E-state index in [1.807, 2.05) is 0 Å². The number of carbonyl (C=O) groups excluding carboxylic acids is 2. The average Bonchev–Trinajstić information content (AvgIpc) is 3.73. The van der Waals surface area contributed by atoms with Gasteiger partial charge >= 0.3 is 6.61 Å². The molecule has 186 valence electrons. The van der Waals surface area contributed by atoms with E-state index < -0.39 is 6.61 Å². The summed E-state index contributed by atoms with van der Waals surface area (Å²) in [5, 5.41) is 6.90. The third-order valence-electron chi connectivity index (χ3n) is 6.60. The van der Waals surface area contributed by atoms with Gasteiger partial charge in [0.2, 0.25) is 5.88 Å². The molecule has 2 aromatic heterocycles. The van der Waals surface area contributed by atoms with Gasteiger partial charge in [-0.15, -0.1) is 16.4 Å². The normalized spacial score (nSPS) is 19.1. The van der Waals surface area contributed by atoms with Crippen LogP contribution in [0.1, 0.15) is 57.8 Å². The SMILES string of the molecule is Cn1nc(OC(F)F)cc1N=C=N[C@H]1CCc2sc(CC(=O)C3CC3)c(C(=O)NCC3CC3)c2C1. The summed E-state index contributed by atoms with van der Waals surface area (Å²) in [5.41, 5.74) is 1.65. The number of rotatable bonds is 10. The first-order valence-corrected chi connectivity index (χ1v) is 12.8. The second-order valence-electron chi connectivity index (χ2n) is 9.45. The van der Waals surface area contributed by atoms with Crippen LogP contribution < -0.4 is 10.1 Å². The third-order valence-corrected chi connectivity index (χ3v) is 7.89. The summed E-state index contributed by atoms with van der Waals surface area (Å²) in [6.07, 6.45) is 6.66. The number of carbonyl (C=O) groups is 2. The molecule has 3 aliphatic rings. The third kappa shape index (κ3) is 5.85. The number of ether oxygens (including phenoxy) is 1. The maximum atomic E-state index is 13.2. The smallest absolute Gasteiger partial charge is 0.388 e. The van der Waals surface area contributed by atoms with Gasteiger partial charge in [0.05, 0.1) is 17.6 Å². The van der Waals surface area contributed by atoms with Crippen LogP contribution in [0, 0.1) is 11.8 Å². The van der Waals surface area contributed by atoms with Gasteiger partial charge in [-0.2, -0.15) is 13.8 Å². The zero-order valence-corrected chi connectivity index (χ0v) is 20.2. The monoisotopic (exact) mass is 503 g/mol. The van der Waals surface area contributed by atoms with Crippen LogP contribution in [0.15, 0.2) is 16.1 Å². The first-order chi connectivity index (χ1) is 16.9. The van der Waals surface area contributed by atoms with Crippen LogP contribution in [0.3, 0.4) is 0 Å². The molecule has 0 spiro atoms. The molecule has 35 heavy (non-hydrogen) atoms. The fourth-order valence-electron chi connectivity index (χ4n) is 4.32. The Hall–Kier alpha value is -2.91. The molecule has 0 unspecified atom stereocenters. The number of nitrogens with zero attached hydrogens (tertiary/aromatic N) is 4. The highest BCUT2D eigenvalue weighted by atomic mass is 32.1. The van der Waals surface area contributed by atoms with E-state index >= 15 is 0 Å². The van der Waals surface area contributed by atoms with Crippen molar-refractivity contribution in [1.82, 2.24) is 15.1 Å². The van der Waals surface area contributed by atoms with Crippen molar-refractivity contribution in [2.75, 3.05) is 6.54 Å². The van der Waals surface area contributed by atoms with Crippen LogP contribution in [0.4, 0.5) is 14.6 Å². The zero-order chi connectivity index (χ0) is 24.5. The number of halogens is 2. The molecular formula is C24H27F2N5O3S. The summed E-state index contributed by atoms with van der Waals surface area (Å²) < 4.78 is 30.4. The number of aliphatic imine (C=N–C) groups is 2. The Labute approximate surface area is 205 Å². The van der Waals surface area contributed by atoms with Crippen LogP contribution >= 0.6 is 11.3 Å². The molecule has 0 saturated heterocycles. The summed E-state index contributed by atoms with van der Waals surface area (Å²) in [4.78, 5) is 36.3. The number of hydrogen-bond donors (Lipinski definition) is 1. The molecular weight excluding hydrogens is 476 g/mol. The van der Waals surface area contributed by atoms with Crippen LogP contribution in [-0.4, -0.2) is 46.7 Å². The number of aryl methyl sites for hydroxylation is 2. The van der Waals surface area contributed by atoms with Crippen LogP contribution in [-0.2, 0) is 31.1 Å². The van der Waals surface area contributed by atoms with E-state index in [0.717, 1.165) is 53.8 Å². The van der Waals surface area contributed by atoms with Crippen LogP contribution in [0.25, 0.3) is 0 Å². The van der Waals surface area contributed by atoms with Gasteiger partial charge in [0, 0.05) is 41.8 Å². The van der Waals surface area contributed by atoms with Crippen molar-refractivity contribution >= 4 is 34.9 Å². The van der Waals surface area contributed by atoms with Gasteiger partial charge in [0.25, 0.3) is 5.91 Å². The summed E-state index contributed by atoms with van der Waals surface area (Å²) in [5.74, 6) is 0.928. The molecule has 1 N–H and O–H groups in total. The molecule has 5 rings (SSSR count). The van der Waals surface area contributed by atoms with Gasteiger partial charge in [0.1, 0.15) is 5.78 Å². The van der Waals surface area contributed by atoms with Crippen molar-refractivity contribution in [3.63, 3.8) is 0 Å². The number of Topliss-reactive ketones (excluding diaryl/α,β-unsaturated/α-hetero) is 1. The predicted octanol–water partition coefficient (Wildman–Crippen LogP) is 4.11. The molecule has 1 amide bonds. The van der Waals surface area contributed by atoms with E-state index in [1.54, 1.807) is 18.4 Å². The number of ketones is 1. The minimum absolute atomic E-state index is 0.0901. The summed E-state index contributed by atoms with van der Waals surface area (Å²) in [7, 11) is 1.56. The molecule has 2 fully saturated rings. The van der Waals surface area contributed by atoms with Gasteiger partial charge in [-0.25, -0.2) is 9.67 Å². The lowest BCUT2D eigenvalue weighted by molar-refractivity contribution is -0.119. The zero-order valence-electron chi connectivity index (χ0n) is 19.4. The highest BCUT2D eigenvalue weighted by Crippen LogP contribution is 2.38. The van der Waals surface area contributed by atoms with E-state index in [-0.39, 0.29) is 35.3 Å². The van der Waals surface area contributed by atoms with Crippen molar-refractivity contribution in [2.24, 2.45) is 28.9 Å². The Bertz CT molecular complexity index is 1190. The second-order valence-corrected chi connectivity index (χ2v) is 10.6. The fourth-order valence-corrected chi connectivity index (χ4v) is 5.68. The Balaban J connectivity index is 1.33. The number of aromatic nitrogens is 2. The van der Waals surface area contributed by atoms with Gasteiger partial charge in [0.15, 0.2) is 5.82 Å². The fraction of sp³-hybridized carbons (Fsp3) is 0.583. The summed E-state index contributed by atoms with van der Waals surface area (Å²) in [6.45, 7) is -2.28. The number of hydrogen-bond acceptors (Lipinski definition) is 7. The average molecular weight is 504 g/mol. The highest BCUT2D eigenvalue weighted by Gasteiger charge is 2.34. The lowest BCUT2D eigenvalue weighted by Crippen LogP contribution is -2.28. The topological polar surface area (TPSA) is 97.9 Å². The van der Waals surface area contributed by atoms with Crippen molar-refractivity contribution < 1.29 is 23.1 Å². The maximum Gasteiger partial charge on any atom is 0.388 e. The van der Waals surface area contributed by atoms with Gasteiger partial charge in [-0.3, -0.25) is 9.59 Å². The Morgan fingerprint density at radius 3 is 2.83 bits per heavy atom. The van der Waals surface area contributed by atoms with E-state index in [4.69, 9.17) is 0 Å². The van der Waals surface area contributed by atoms with Crippen molar-refractivity contribution in [1.29, 1.82) is 0 Å². The van der Waals surface area contributed by atoms with Crippen molar-refractivity contribution in [3.8, 4) is 5.88 Å². The predicted molar refractivity (Wildman–Crippen MR) is 126 cm³/mol. The number of fused-ring (bicyclic) bond motifs is 1. The van der Waals surface area contributed by atoms with Crippen LogP contribution in [0.2, 0.25) is 0 Å². The van der Waals surface area contributed by atoms with Crippen molar-refractivity contribution in [3.05, 3.63) is 26.9 Å². The van der Waals surface area contributed by atoms with E-state index in [0.29, 0.717) is 30.9 Å². The van der Waals surface area contributed by atoms with E-state index in [1.165, 1.54) is 10.7 Å². The van der Waals surface area contributed by atoms with E-state index in [2.05, 4.69) is 31.1 Å². The van der Waals surface area contributed by atoms with Crippen LogP contribution in [0.5, 0.6) is 5.88 Å². The first-order valence-electron chi connectivity index (χ1n) is 12.0. The maximum absolute atomic E-state index is 13.2.